The number of carbonyl (C=O) groups excluding carboxylic acids is 1. The van der Waals surface area contributed by atoms with Gasteiger partial charge in [0.1, 0.15) is 5.75 Å². The number of sulfone groups is 1. The molecule has 2 aliphatic heterocycles. The molecule has 6 nitrogen and oxygen atoms in total. The van der Waals surface area contributed by atoms with Crippen molar-refractivity contribution in [2.75, 3.05) is 16.4 Å². The molecule has 3 rings (SSSR count). The van der Waals surface area contributed by atoms with Gasteiger partial charge in [0.15, 0.2) is 9.84 Å². The molecule has 96 valence electrons. The summed E-state index contributed by atoms with van der Waals surface area (Å²) in [6.45, 7) is 0. The van der Waals surface area contributed by atoms with Crippen LogP contribution in [0, 0.1) is 0 Å². The molecule has 0 spiro atoms. The van der Waals surface area contributed by atoms with E-state index in [4.69, 9.17) is 0 Å². The molecular weight excluding hydrogens is 256 g/mol. The van der Waals surface area contributed by atoms with Gasteiger partial charge in [-0.1, -0.05) is 12.1 Å². The summed E-state index contributed by atoms with van der Waals surface area (Å²) in [6.07, 6.45) is 0. The van der Waals surface area contributed by atoms with Crippen LogP contribution in [0.4, 0.5) is 10.5 Å². The van der Waals surface area contributed by atoms with Crippen molar-refractivity contribution in [3.05, 3.63) is 24.3 Å². The lowest BCUT2D eigenvalue weighted by Crippen LogP contribution is -2.36. The molecule has 2 fully saturated rings. The zero-order chi connectivity index (χ0) is 12.9. The van der Waals surface area contributed by atoms with Gasteiger partial charge < -0.3 is 10.4 Å². The van der Waals surface area contributed by atoms with E-state index in [1.54, 1.807) is 18.2 Å². The quantitative estimate of drug-likeness (QED) is 0.707. The highest BCUT2D eigenvalue weighted by Gasteiger charge is 2.49. The van der Waals surface area contributed by atoms with Gasteiger partial charge in [-0.15, -0.1) is 0 Å². The third-order valence-electron chi connectivity index (χ3n) is 3.32. The second kappa shape index (κ2) is 3.61. The molecular formula is C11H12N2O4S. The number of anilines is 1. The van der Waals surface area contributed by atoms with Gasteiger partial charge in [0.2, 0.25) is 0 Å². The average molecular weight is 268 g/mol. The Morgan fingerprint density at radius 1 is 1.28 bits per heavy atom. The molecule has 2 N–H and O–H groups in total. The topological polar surface area (TPSA) is 86.7 Å². The molecule has 18 heavy (non-hydrogen) atoms. The van der Waals surface area contributed by atoms with E-state index in [1.807, 2.05) is 0 Å². The van der Waals surface area contributed by atoms with Crippen LogP contribution in [0.15, 0.2) is 24.3 Å². The number of phenolic OH excluding ortho intramolecular Hbond substituents is 1. The maximum absolute atomic E-state index is 11.9. The zero-order valence-corrected chi connectivity index (χ0v) is 10.2. The molecule has 1 aromatic rings. The lowest BCUT2D eigenvalue weighted by Gasteiger charge is -2.21. The van der Waals surface area contributed by atoms with Crippen LogP contribution in [0.5, 0.6) is 5.75 Å². The lowest BCUT2D eigenvalue weighted by molar-refractivity contribution is 0.251. The van der Waals surface area contributed by atoms with Gasteiger partial charge in [-0.2, -0.15) is 0 Å². The van der Waals surface area contributed by atoms with Crippen LogP contribution >= 0.6 is 0 Å². The van der Waals surface area contributed by atoms with Crippen molar-refractivity contribution < 1.29 is 18.3 Å². The van der Waals surface area contributed by atoms with E-state index in [0.717, 1.165) is 0 Å². The van der Waals surface area contributed by atoms with E-state index in [2.05, 4.69) is 5.32 Å². The average Bonchev–Trinajstić information content (AvgIpc) is 2.70. The maximum Gasteiger partial charge on any atom is 0.322 e. The predicted octanol–water partition coefficient (Wildman–Crippen LogP) is 0.0874. The smallest absolute Gasteiger partial charge is 0.322 e. The molecule has 0 saturated carbocycles. The molecule has 2 atom stereocenters. The van der Waals surface area contributed by atoms with Crippen LogP contribution in [0.1, 0.15) is 0 Å². The van der Waals surface area contributed by atoms with Crippen molar-refractivity contribution >= 4 is 21.6 Å². The summed E-state index contributed by atoms with van der Waals surface area (Å²) < 4.78 is 23.1. The molecule has 0 bridgehead atoms. The number of urea groups is 1. The highest BCUT2D eigenvalue weighted by Crippen LogP contribution is 2.34. The summed E-state index contributed by atoms with van der Waals surface area (Å²) in [5.41, 5.74) is 0.347. The summed E-state index contributed by atoms with van der Waals surface area (Å²) in [5.74, 6) is -0.129. The highest BCUT2D eigenvalue weighted by molar-refractivity contribution is 7.91. The number of para-hydroxylation sites is 2. The number of amides is 2. The Morgan fingerprint density at radius 2 is 2.00 bits per heavy atom. The van der Waals surface area contributed by atoms with Crippen LogP contribution in [0.25, 0.3) is 0 Å². The first-order valence-corrected chi connectivity index (χ1v) is 7.38. The molecule has 2 aliphatic rings. The second-order valence-electron chi connectivity index (χ2n) is 4.56. The minimum atomic E-state index is -3.12. The molecule has 0 aliphatic carbocycles. The Balaban J connectivity index is 2.02. The van der Waals surface area contributed by atoms with E-state index in [1.165, 1.54) is 11.0 Å². The number of benzene rings is 1. The van der Waals surface area contributed by atoms with Gasteiger partial charge in [0.25, 0.3) is 0 Å². The minimum absolute atomic E-state index is 0.0300. The van der Waals surface area contributed by atoms with Crippen molar-refractivity contribution in [1.29, 1.82) is 0 Å². The molecule has 1 aromatic carbocycles. The summed E-state index contributed by atoms with van der Waals surface area (Å²) in [6, 6.07) is 5.23. The van der Waals surface area contributed by atoms with Crippen molar-refractivity contribution in [2.24, 2.45) is 0 Å². The van der Waals surface area contributed by atoms with Crippen LogP contribution in [0.2, 0.25) is 0 Å². The Kier molecular flexibility index (Phi) is 2.28. The first kappa shape index (κ1) is 11.3. The van der Waals surface area contributed by atoms with Crippen LogP contribution in [-0.4, -0.2) is 43.1 Å². The summed E-state index contributed by atoms with van der Waals surface area (Å²) in [5, 5.41) is 12.4. The molecule has 0 unspecified atom stereocenters. The molecule has 2 amide bonds. The van der Waals surface area contributed by atoms with E-state index in [0.29, 0.717) is 5.69 Å². The Morgan fingerprint density at radius 3 is 2.72 bits per heavy atom. The second-order valence-corrected chi connectivity index (χ2v) is 6.71. The summed E-state index contributed by atoms with van der Waals surface area (Å²) >= 11 is 0. The number of carbonyl (C=O) groups is 1. The number of nitrogens with one attached hydrogen (secondary N) is 1. The monoisotopic (exact) mass is 268 g/mol. The lowest BCUT2D eigenvalue weighted by atomic mass is 10.1. The number of aromatic hydroxyl groups is 1. The SMILES string of the molecule is O=C1N[C@@H]2CS(=O)(=O)C[C@H]2N1c1ccccc1O. The van der Waals surface area contributed by atoms with E-state index in [9.17, 15) is 18.3 Å². The Hall–Kier alpha value is -1.76. The first-order valence-electron chi connectivity index (χ1n) is 5.56. The van der Waals surface area contributed by atoms with Crippen molar-refractivity contribution in [1.82, 2.24) is 5.32 Å². The number of hydrogen-bond acceptors (Lipinski definition) is 4. The van der Waals surface area contributed by atoms with E-state index < -0.39 is 15.9 Å². The van der Waals surface area contributed by atoms with Crippen molar-refractivity contribution in [2.45, 2.75) is 12.1 Å². The standard InChI is InChI=1S/C11H12N2O4S/c14-10-4-2-1-3-8(10)13-9-6-18(16,17)5-7(9)12-11(13)15/h1-4,7,9,14H,5-6H2,(H,12,15)/t7-,9-/m1/s1. The Bertz CT molecular complexity index is 613. The molecule has 7 heteroatoms. The zero-order valence-electron chi connectivity index (χ0n) is 9.41. The maximum atomic E-state index is 11.9. The van der Waals surface area contributed by atoms with Gasteiger partial charge in [0.05, 0.1) is 29.3 Å². The van der Waals surface area contributed by atoms with Gasteiger partial charge in [0, 0.05) is 0 Å². The van der Waals surface area contributed by atoms with Crippen LogP contribution < -0.4 is 10.2 Å². The van der Waals surface area contributed by atoms with Gasteiger partial charge in [-0.3, -0.25) is 4.90 Å². The minimum Gasteiger partial charge on any atom is -0.506 e. The van der Waals surface area contributed by atoms with E-state index >= 15 is 0 Å². The fraction of sp³-hybridized carbons (Fsp3) is 0.364. The third kappa shape index (κ3) is 1.62. The fourth-order valence-corrected chi connectivity index (χ4v) is 4.45. The van der Waals surface area contributed by atoms with E-state index in [-0.39, 0.29) is 29.3 Å². The van der Waals surface area contributed by atoms with Gasteiger partial charge in [-0.05, 0) is 12.1 Å². The van der Waals surface area contributed by atoms with Crippen molar-refractivity contribution in [3.8, 4) is 5.75 Å². The van der Waals surface area contributed by atoms with Crippen LogP contribution in [0.3, 0.4) is 0 Å². The number of hydrogen-bond donors (Lipinski definition) is 2. The Labute approximate surface area is 104 Å². The van der Waals surface area contributed by atoms with Gasteiger partial charge in [-0.25, -0.2) is 13.2 Å². The fourth-order valence-electron chi connectivity index (χ4n) is 2.56. The number of phenols is 1. The summed E-state index contributed by atoms with van der Waals surface area (Å²) in [7, 11) is -3.12. The largest absolute Gasteiger partial charge is 0.506 e. The van der Waals surface area contributed by atoms with Crippen molar-refractivity contribution in [3.63, 3.8) is 0 Å². The highest BCUT2D eigenvalue weighted by atomic mass is 32.2. The number of nitrogens with zero attached hydrogens (tertiary/aromatic N) is 1. The first-order chi connectivity index (χ1) is 8.48. The molecule has 2 heterocycles. The predicted molar refractivity (Wildman–Crippen MR) is 65.3 cm³/mol. The molecule has 2 saturated heterocycles. The normalized spacial score (nSPS) is 29.1. The third-order valence-corrected chi connectivity index (χ3v) is 5.04. The number of fused-ring (bicyclic) bond motifs is 1. The summed E-state index contributed by atoms with van der Waals surface area (Å²) in [4.78, 5) is 13.2. The van der Waals surface area contributed by atoms with Crippen LogP contribution in [-0.2, 0) is 9.84 Å². The molecule has 0 radical (unpaired) electrons. The number of rotatable bonds is 1. The van der Waals surface area contributed by atoms with Gasteiger partial charge >= 0.3 is 6.03 Å². The molecule has 0 aromatic heterocycles.